The number of nitrogens with zero attached hydrogens (tertiary/aromatic N) is 2. The maximum Gasteiger partial charge on any atom is 0.241 e. The molecule has 0 saturated heterocycles. The number of amides is 1. The normalized spacial score (nSPS) is 11.8. The van der Waals surface area contributed by atoms with Crippen LogP contribution in [-0.4, -0.2) is 21.7 Å². The minimum absolute atomic E-state index is 0. The van der Waals surface area contributed by atoms with Gasteiger partial charge < -0.3 is 11.1 Å². The van der Waals surface area contributed by atoms with Crippen LogP contribution in [0.4, 0.5) is 5.69 Å². The van der Waals surface area contributed by atoms with Crippen LogP contribution in [0.1, 0.15) is 19.4 Å². The summed E-state index contributed by atoms with van der Waals surface area (Å²) >= 11 is 0. The number of aromatic nitrogens is 2. The summed E-state index contributed by atoms with van der Waals surface area (Å²) in [7, 11) is 0. The average molecular weight is 309 g/mol. The molecule has 0 saturated carbocycles. The number of carbonyl (C=O) groups is 1. The molecule has 1 aromatic carbocycles. The predicted octanol–water partition coefficient (Wildman–Crippen LogP) is 2.27. The smallest absolute Gasteiger partial charge is 0.241 e. The molecule has 0 aliphatic rings. The summed E-state index contributed by atoms with van der Waals surface area (Å²) in [6.45, 7) is 4.51. The fourth-order valence-electron chi connectivity index (χ4n) is 1.81. The Morgan fingerprint density at radius 3 is 2.62 bits per heavy atom. The van der Waals surface area contributed by atoms with E-state index in [0.717, 1.165) is 5.56 Å². The molecule has 2 rings (SSSR count). The highest BCUT2D eigenvalue weighted by molar-refractivity contribution is 5.94. The minimum Gasteiger partial charge on any atom is -0.322 e. The Kier molecular flexibility index (Phi) is 6.39. The summed E-state index contributed by atoms with van der Waals surface area (Å²) in [6, 6.07) is 9.52. The monoisotopic (exact) mass is 308 g/mol. The third-order valence-electron chi connectivity index (χ3n) is 3.11. The van der Waals surface area contributed by atoms with E-state index in [-0.39, 0.29) is 24.2 Å². The van der Waals surface area contributed by atoms with E-state index in [4.69, 9.17) is 5.73 Å². The van der Waals surface area contributed by atoms with Crippen LogP contribution in [0.15, 0.2) is 42.7 Å². The molecule has 1 heterocycles. The lowest BCUT2D eigenvalue weighted by atomic mass is 10.1. The van der Waals surface area contributed by atoms with Gasteiger partial charge in [0.15, 0.2) is 0 Å². The highest BCUT2D eigenvalue weighted by Crippen LogP contribution is 2.09. The molecule has 0 spiro atoms. The number of halogens is 1. The van der Waals surface area contributed by atoms with Crippen molar-refractivity contribution in [3.63, 3.8) is 0 Å². The first kappa shape index (κ1) is 17.2. The molecule has 5 nitrogen and oxygen atoms in total. The third kappa shape index (κ3) is 4.88. The summed E-state index contributed by atoms with van der Waals surface area (Å²) in [5, 5.41) is 7.01. The van der Waals surface area contributed by atoms with Gasteiger partial charge in [-0.3, -0.25) is 9.48 Å². The second kappa shape index (κ2) is 7.81. The number of hydrogen-bond acceptors (Lipinski definition) is 3. The summed E-state index contributed by atoms with van der Waals surface area (Å²) in [5.41, 5.74) is 7.63. The number of anilines is 1. The van der Waals surface area contributed by atoms with E-state index in [9.17, 15) is 4.79 Å². The van der Waals surface area contributed by atoms with E-state index in [1.54, 1.807) is 17.1 Å². The van der Waals surface area contributed by atoms with Crippen LogP contribution in [0.25, 0.3) is 0 Å². The maximum atomic E-state index is 11.8. The lowest BCUT2D eigenvalue weighted by molar-refractivity contribution is -0.118. The van der Waals surface area contributed by atoms with Crippen LogP contribution in [0, 0.1) is 5.92 Å². The van der Waals surface area contributed by atoms with Crippen LogP contribution in [0.3, 0.4) is 0 Å². The van der Waals surface area contributed by atoms with Gasteiger partial charge in [0.05, 0.1) is 24.5 Å². The van der Waals surface area contributed by atoms with Gasteiger partial charge in [0.25, 0.3) is 0 Å². The van der Waals surface area contributed by atoms with Crippen molar-refractivity contribution in [2.24, 2.45) is 11.7 Å². The first-order chi connectivity index (χ1) is 9.56. The largest absolute Gasteiger partial charge is 0.322 e. The van der Waals surface area contributed by atoms with Crippen LogP contribution < -0.4 is 11.1 Å². The van der Waals surface area contributed by atoms with Gasteiger partial charge in [-0.05, 0) is 11.5 Å². The first-order valence-electron chi connectivity index (χ1n) is 6.69. The van der Waals surface area contributed by atoms with Crippen LogP contribution in [-0.2, 0) is 11.3 Å². The van der Waals surface area contributed by atoms with Crippen molar-refractivity contribution in [1.82, 2.24) is 9.78 Å². The van der Waals surface area contributed by atoms with Crippen molar-refractivity contribution in [1.29, 1.82) is 0 Å². The number of carbonyl (C=O) groups excluding carboxylic acids is 1. The second-order valence-electron chi connectivity index (χ2n) is 5.17. The van der Waals surface area contributed by atoms with Crippen molar-refractivity contribution in [3.05, 3.63) is 48.3 Å². The molecule has 0 radical (unpaired) electrons. The lowest BCUT2D eigenvalue weighted by Crippen LogP contribution is -2.39. The van der Waals surface area contributed by atoms with Crippen LogP contribution >= 0.6 is 12.4 Å². The molecule has 6 heteroatoms. The topological polar surface area (TPSA) is 72.9 Å². The van der Waals surface area contributed by atoms with Gasteiger partial charge in [-0.25, -0.2) is 0 Å². The molecule has 21 heavy (non-hydrogen) atoms. The summed E-state index contributed by atoms with van der Waals surface area (Å²) in [6.07, 6.45) is 3.44. The number of benzene rings is 1. The molecule has 0 aliphatic heterocycles. The number of hydrogen-bond donors (Lipinski definition) is 2. The SMILES string of the molecule is CC(C)[C@H](N)C(=O)Nc1cnn(Cc2ccccc2)c1.Cl. The lowest BCUT2D eigenvalue weighted by Gasteiger charge is -2.14. The number of nitrogens with one attached hydrogen (secondary N) is 1. The van der Waals surface area contributed by atoms with E-state index in [1.165, 1.54) is 0 Å². The quantitative estimate of drug-likeness (QED) is 0.890. The number of nitrogens with two attached hydrogens (primary N) is 1. The Morgan fingerprint density at radius 1 is 1.33 bits per heavy atom. The Bertz CT molecular complexity index is 568. The molecule has 114 valence electrons. The van der Waals surface area contributed by atoms with Gasteiger partial charge >= 0.3 is 0 Å². The van der Waals surface area contributed by atoms with Crippen LogP contribution in [0.5, 0.6) is 0 Å². The molecule has 1 amide bonds. The maximum absolute atomic E-state index is 11.8. The van der Waals surface area contributed by atoms with E-state index in [2.05, 4.69) is 10.4 Å². The van der Waals surface area contributed by atoms with Gasteiger partial charge in [0.2, 0.25) is 5.91 Å². The molecule has 0 unspecified atom stereocenters. The summed E-state index contributed by atoms with van der Waals surface area (Å²) < 4.78 is 1.78. The molecule has 1 atom stereocenters. The fraction of sp³-hybridized carbons (Fsp3) is 0.333. The van der Waals surface area contributed by atoms with Gasteiger partial charge in [-0.2, -0.15) is 5.10 Å². The van der Waals surface area contributed by atoms with Gasteiger partial charge in [-0.15, -0.1) is 12.4 Å². The minimum atomic E-state index is -0.507. The van der Waals surface area contributed by atoms with E-state index >= 15 is 0 Å². The zero-order valence-electron chi connectivity index (χ0n) is 12.2. The van der Waals surface area contributed by atoms with Crippen molar-refractivity contribution in [3.8, 4) is 0 Å². The highest BCUT2D eigenvalue weighted by atomic mass is 35.5. The summed E-state index contributed by atoms with van der Waals surface area (Å²) in [5.74, 6) is -0.0753. The molecule has 0 aliphatic carbocycles. The van der Waals surface area contributed by atoms with Gasteiger partial charge in [0, 0.05) is 6.20 Å². The fourth-order valence-corrected chi connectivity index (χ4v) is 1.81. The summed E-state index contributed by atoms with van der Waals surface area (Å²) in [4.78, 5) is 11.8. The Hall–Kier alpha value is -1.85. The van der Waals surface area contributed by atoms with Crippen molar-refractivity contribution in [2.75, 3.05) is 5.32 Å². The van der Waals surface area contributed by atoms with Crippen molar-refractivity contribution < 1.29 is 4.79 Å². The van der Waals surface area contributed by atoms with Gasteiger partial charge in [0.1, 0.15) is 0 Å². The molecular weight excluding hydrogens is 288 g/mol. The van der Waals surface area contributed by atoms with E-state index in [1.807, 2.05) is 44.2 Å². The molecule has 3 N–H and O–H groups in total. The van der Waals surface area contributed by atoms with Gasteiger partial charge in [-0.1, -0.05) is 44.2 Å². The first-order valence-corrected chi connectivity index (χ1v) is 6.69. The Labute approximate surface area is 130 Å². The van der Waals surface area contributed by atoms with Crippen molar-refractivity contribution >= 4 is 24.0 Å². The third-order valence-corrected chi connectivity index (χ3v) is 3.11. The standard InChI is InChI=1S/C15H20N4O.ClH/c1-11(2)14(16)15(20)18-13-8-17-19(10-13)9-12-6-4-3-5-7-12;/h3-8,10-11,14H,9,16H2,1-2H3,(H,18,20);1H/t14-;/m0./s1. The Morgan fingerprint density at radius 2 is 2.00 bits per heavy atom. The molecule has 0 bridgehead atoms. The van der Waals surface area contributed by atoms with E-state index in [0.29, 0.717) is 12.2 Å². The molecule has 1 aromatic heterocycles. The average Bonchev–Trinajstić information content (AvgIpc) is 2.86. The zero-order valence-corrected chi connectivity index (χ0v) is 13.0. The zero-order chi connectivity index (χ0) is 14.5. The molecule has 0 fully saturated rings. The second-order valence-corrected chi connectivity index (χ2v) is 5.17. The van der Waals surface area contributed by atoms with Crippen LogP contribution in [0.2, 0.25) is 0 Å². The highest BCUT2D eigenvalue weighted by Gasteiger charge is 2.17. The van der Waals surface area contributed by atoms with E-state index < -0.39 is 6.04 Å². The molecular formula is C15H21ClN4O. The van der Waals surface area contributed by atoms with Crippen molar-refractivity contribution in [2.45, 2.75) is 26.4 Å². The number of rotatable bonds is 5. The molecule has 2 aromatic rings. The Balaban J connectivity index is 0.00000220. The predicted molar refractivity (Wildman–Crippen MR) is 86.5 cm³/mol.